The Morgan fingerprint density at radius 2 is 2.16 bits per heavy atom. The van der Waals surface area contributed by atoms with Gasteiger partial charge in [-0.1, -0.05) is 12.1 Å². The van der Waals surface area contributed by atoms with E-state index >= 15 is 0 Å². The van der Waals surface area contributed by atoms with E-state index in [1.54, 1.807) is 18.4 Å². The maximum atomic E-state index is 13.1. The van der Waals surface area contributed by atoms with Crippen LogP contribution in [0, 0.1) is 5.41 Å². The van der Waals surface area contributed by atoms with Gasteiger partial charge in [0.05, 0.1) is 19.1 Å². The van der Waals surface area contributed by atoms with Crippen LogP contribution in [0.15, 0.2) is 35.8 Å². The topological polar surface area (TPSA) is 45.7 Å². The van der Waals surface area contributed by atoms with Crippen molar-refractivity contribution in [2.45, 2.75) is 25.9 Å². The molecule has 132 valence electrons. The van der Waals surface area contributed by atoms with Crippen LogP contribution >= 0.6 is 11.3 Å². The number of aromatic nitrogens is 1. The summed E-state index contributed by atoms with van der Waals surface area (Å²) in [6.45, 7) is 4.23. The molecule has 4 rings (SSSR count). The molecule has 2 aliphatic rings. The van der Waals surface area contributed by atoms with E-state index in [1.165, 1.54) is 0 Å². The number of methoxy groups -OCH3 is 1. The largest absolute Gasteiger partial charge is 0.497 e. The van der Waals surface area contributed by atoms with Gasteiger partial charge in [-0.15, -0.1) is 11.3 Å². The lowest BCUT2D eigenvalue weighted by molar-refractivity contribution is -0.136. The lowest BCUT2D eigenvalue weighted by Crippen LogP contribution is -2.36. The number of carbonyl (C=O) groups is 1. The number of hydrogen-bond donors (Lipinski definition) is 0. The molecule has 1 aromatic carbocycles. The fourth-order valence-electron chi connectivity index (χ4n) is 4.03. The fourth-order valence-corrected chi connectivity index (χ4v) is 4.69. The maximum Gasteiger partial charge on any atom is 0.230 e. The van der Waals surface area contributed by atoms with Crippen LogP contribution in [0.4, 0.5) is 0 Å². The summed E-state index contributed by atoms with van der Waals surface area (Å²) in [7, 11) is 1.67. The van der Waals surface area contributed by atoms with E-state index in [1.807, 2.05) is 34.7 Å². The van der Waals surface area contributed by atoms with Gasteiger partial charge in [-0.2, -0.15) is 0 Å². The van der Waals surface area contributed by atoms with Crippen LogP contribution < -0.4 is 4.74 Å². The summed E-state index contributed by atoms with van der Waals surface area (Å²) in [5.74, 6) is 1.16. The molecule has 3 heterocycles. The standard InChI is InChI=1S/C19H23N3O2S/c1-24-16-4-2-3-15(11-16)12-22-9-6-19(18(22)23)5-8-21(14-19)13-17-20-7-10-25-17/h2-4,7,10-11H,5-6,8-9,12-14H2,1H3/t19-/m0/s1. The molecule has 0 aliphatic carbocycles. The molecule has 2 aromatic rings. The number of amides is 1. The van der Waals surface area contributed by atoms with Gasteiger partial charge < -0.3 is 9.64 Å². The molecule has 0 N–H and O–H groups in total. The number of ether oxygens (including phenoxy) is 1. The summed E-state index contributed by atoms with van der Waals surface area (Å²) in [6.07, 6.45) is 3.78. The number of rotatable bonds is 5. The summed E-state index contributed by atoms with van der Waals surface area (Å²) in [4.78, 5) is 21.9. The van der Waals surface area contributed by atoms with Crippen LogP contribution in [-0.4, -0.2) is 47.4 Å². The van der Waals surface area contributed by atoms with Gasteiger partial charge in [0.2, 0.25) is 5.91 Å². The number of hydrogen-bond acceptors (Lipinski definition) is 5. The third-order valence-corrected chi connectivity index (χ3v) is 6.15. The Morgan fingerprint density at radius 1 is 1.28 bits per heavy atom. The van der Waals surface area contributed by atoms with Gasteiger partial charge in [0, 0.05) is 31.2 Å². The van der Waals surface area contributed by atoms with Gasteiger partial charge in [0.15, 0.2) is 0 Å². The van der Waals surface area contributed by atoms with E-state index in [-0.39, 0.29) is 5.41 Å². The third-order valence-electron chi connectivity index (χ3n) is 5.38. The van der Waals surface area contributed by atoms with E-state index in [4.69, 9.17) is 4.74 Å². The van der Waals surface area contributed by atoms with Crippen LogP contribution in [0.25, 0.3) is 0 Å². The molecule has 0 radical (unpaired) electrons. The van der Waals surface area contributed by atoms with E-state index in [0.29, 0.717) is 12.5 Å². The van der Waals surface area contributed by atoms with E-state index < -0.39 is 0 Å². The third kappa shape index (κ3) is 3.28. The number of benzene rings is 1. The number of likely N-dealkylation sites (tertiary alicyclic amines) is 2. The zero-order valence-corrected chi connectivity index (χ0v) is 15.3. The highest BCUT2D eigenvalue weighted by Crippen LogP contribution is 2.41. The smallest absolute Gasteiger partial charge is 0.230 e. The summed E-state index contributed by atoms with van der Waals surface area (Å²) < 4.78 is 5.29. The number of nitrogens with zero attached hydrogens (tertiary/aromatic N) is 3. The Kier molecular flexibility index (Phi) is 4.48. The van der Waals surface area contributed by atoms with Gasteiger partial charge in [-0.25, -0.2) is 4.98 Å². The maximum absolute atomic E-state index is 13.1. The molecule has 25 heavy (non-hydrogen) atoms. The summed E-state index contributed by atoms with van der Waals surface area (Å²) in [6, 6.07) is 7.99. The molecule has 2 saturated heterocycles. The highest BCUT2D eigenvalue weighted by molar-refractivity contribution is 7.09. The van der Waals surface area contributed by atoms with E-state index in [2.05, 4.69) is 16.0 Å². The Bertz CT molecular complexity index is 749. The molecular formula is C19H23N3O2S. The molecule has 6 heteroatoms. The first kappa shape index (κ1) is 16.5. The zero-order chi connectivity index (χ0) is 17.3. The normalized spacial score (nSPS) is 23.7. The Morgan fingerprint density at radius 3 is 2.96 bits per heavy atom. The van der Waals surface area contributed by atoms with Crippen molar-refractivity contribution in [2.75, 3.05) is 26.7 Å². The lowest BCUT2D eigenvalue weighted by Gasteiger charge is -2.23. The quantitative estimate of drug-likeness (QED) is 0.825. The van der Waals surface area contributed by atoms with Crippen molar-refractivity contribution in [3.05, 3.63) is 46.4 Å². The second-order valence-electron chi connectivity index (χ2n) is 7.00. The van der Waals surface area contributed by atoms with Gasteiger partial charge in [-0.05, 0) is 37.1 Å². The van der Waals surface area contributed by atoms with Crippen molar-refractivity contribution in [1.82, 2.24) is 14.8 Å². The van der Waals surface area contributed by atoms with Crippen molar-refractivity contribution in [1.29, 1.82) is 0 Å². The van der Waals surface area contributed by atoms with Crippen molar-refractivity contribution >= 4 is 17.2 Å². The molecule has 0 unspecified atom stereocenters. The van der Waals surface area contributed by atoms with Gasteiger partial charge >= 0.3 is 0 Å². The van der Waals surface area contributed by atoms with Gasteiger partial charge in [-0.3, -0.25) is 9.69 Å². The van der Waals surface area contributed by atoms with Crippen molar-refractivity contribution < 1.29 is 9.53 Å². The first-order valence-electron chi connectivity index (χ1n) is 8.72. The Hall–Kier alpha value is -1.92. The molecule has 2 fully saturated rings. The van der Waals surface area contributed by atoms with Crippen LogP contribution in [-0.2, 0) is 17.9 Å². The molecule has 1 atom stereocenters. The fraction of sp³-hybridized carbons (Fsp3) is 0.474. The highest BCUT2D eigenvalue weighted by atomic mass is 32.1. The Labute approximate surface area is 152 Å². The highest BCUT2D eigenvalue weighted by Gasteiger charge is 2.50. The monoisotopic (exact) mass is 357 g/mol. The van der Waals surface area contributed by atoms with E-state index in [0.717, 1.165) is 55.3 Å². The van der Waals surface area contributed by atoms with Crippen molar-refractivity contribution in [3.63, 3.8) is 0 Å². The van der Waals surface area contributed by atoms with Crippen molar-refractivity contribution in [3.8, 4) is 5.75 Å². The minimum atomic E-state index is -0.184. The van der Waals surface area contributed by atoms with Crippen LogP contribution in [0.1, 0.15) is 23.4 Å². The van der Waals surface area contributed by atoms with Gasteiger partial charge in [0.1, 0.15) is 10.8 Å². The summed E-state index contributed by atoms with van der Waals surface area (Å²) in [5, 5.41) is 3.15. The summed E-state index contributed by atoms with van der Waals surface area (Å²) >= 11 is 1.69. The lowest BCUT2D eigenvalue weighted by atomic mass is 9.85. The van der Waals surface area contributed by atoms with Crippen molar-refractivity contribution in [2.24, 2.45) is 5.41 Å². The molecule has 5 nitrogen and oxygen atoms in total. The SMILES string of the molecule is COc1cccc(CN2CC[C@]3(CCN(Cc4nccs4)C3)C2=O)c1. The number of carbonyl (C=O) groups excluding carboxylic acids is 1. The second-order valence-corrected chi connectivity index (χ2v) is 7.97. The molecule has 1 spiro atoms. The molecule has 0 bridgehead atoms. The molecule has 1 amide bonds. The zero-order valence-electron chi connectivity index (χ0n) is 14.5. The first-order chi connectivity index (χ1) is 12.2. The number of thiazole rings is 1. The predicted molar refractivity (Wildman–Crippen MR) is 97.5 cm³/mol. The average Bonchev–Trinajstić information content (AvgIpc) is 3.35. The molecule has 2 aliphatic heterocycles. The van der Waals surface area contributed by atoms with Crippen LogP contribution in [0.2, 0.25) is 0 Å². The molecule has 1 aromatic heterocycles. The predicted octanol–water partition coefficient (Wildman–Crippen LogP) is 2.78. The minimum Gasteiger partial charge on any atom is -0.497 e. The van der Waals surface area contributed by atoms with Gasteiger partial charge in [0.25, 0.3) is 0 Å². The second kappa shape index (κ2) is 6.77. The van der Waals surface area contributed by atoms with Crippen LogP contribution in [0.3, 0.4) is 0 Å². The molecule has 0 saturated carbocycles. The molecular weight excluding hydrogens is 334 g/mol. The summed E-state index contributed by atoms with van der Waals surface area (Å²) in [5.41, 5.74) is 0.943. The minimum absolute atomic E-state index is 0.184. The Balaban J connectivity index is 1.41. The van der Waals surface area contributed by atoms with E-state index in [9.17, 15) is 4.79 Å². The first-order valence-corrected chi connectivity index (χ1v) is 9.59. The van der Waals surface area contributed by atoms with Crippen LogP contribution in [0.5, 0.6) is 5.75 Å². The average molecular weight is 357 g/mol.